The van der Waals surface area contributed by atoms with Crippen LogP contribution in [0, 0.1) is 0 Å². The van der Waals surface area contributed by atoms with Crippen molar-refractivity contribution in [1.29, 1.82) is 0 Å². The minimum Gasteiger partial charge on any atom is -0.495 e. The highest BCUT2D eigenvalue weighted by Crippen LogP contribution is 2.22. The lowest BCUT2D eigenvalue weighted by molar-refractivity contribution is -0.143. The molecule has 1 aromatic carbocycles. The maximum Gasteiger partial charge on any atom is 0.319 e. The van der Waals surface area contributed by atoms with Gasteiger partial charge in [-0.25, -0.2) is 4.79 Å². The van der Waals surface area contributed by atoms with Crippen molar-refractivity contribution in [2.75, 3.05) is 25.6 Å². The summed E-state index contributed by atoms with van der Waals surface area (Å²) in [4.78, 5) is 22.8. The lowest BCUT2D eigenvalue weighted by atomic mass is 10.3. The van der Waals surface area contributed by atoms with Crippen LogP contribution in [0.3, 0.4) is 0 Å². The van der Waals surface area contributed by atoms with Gasteiger partial charge in [-0.3, -0.25) is 4.79 Å². The SMILES string of the molecule is CCOC(=O)CCCNC(=O)Nc1ccccc1OC. The first kappa shape index (κ1) is 15.8. The van der Waals surface area contributed by atoms with Crippen LogP contribution >= 0.6 is 0 Å². The van der Waals surface area contributed by atoms with Crippen LogP contribution in [0.25, 0.3) is 0 Å². The molecule has 6 heteroatoms. The maximum absolute atomic E-state index is 11.7. The number of hydrogen-bond donors (Lipinski definition) is 2. The molecule has 0 fully saturated rings. The van der Waals surface area contributed by atoms with E-state index < -0.39 is 0 Å². The fraction of sp³-hybridized carbons (Fsp3) is 0.429. The number of esters is 1. The average molecular weight is 280 g/mol. The Bertz CT molecular complexity index is 449. The molecule has 0 aromatic heterocycles. The topological polar surface area (TPSA) is 76.7 Å². The number of rotatable bonds is 7. The Kier molecular flexibility index (Phi) is 6.95. The van der Waals surface area contributed by atoms with Crippen LogP contribution in [0.1, 0.15) is 19.8 Å². The molecule has 0 saturated carbocycles. The summed E-state index contributed by atoms with van der Waals surface area (Å²) in [6, 6.07) is 6.80. The number of amides is 2. The molecule has 2 amide bonds. The minimum absolute atomic E-state index is 0.251. The zero-order valence-electron chi connectivity index (χ0n) is 11.8. The van der Waals surface area contributed by atoms with Gasteiger partial charge in [0.25, 0.3) is 0 Å². The van der Waals surface area contributed by atoms with Crippen molar-refractivity contribution in [3.63, 3.8) is 0 Å². The van der Waals surface area contributed by atoms with Gasteiger partial charge in [-0.1, -0.05) is 12.1 Å². The summed E-state index contributed by atoms with van der Waals surface area (Å²) in [5.74, 6) is 0.341. The largest absolute Gasteiger partial charge is 0.495 e. The lowest BCUT2D eigenvalue weighted by Crippen LogP contribution is -2.30. The zero-order chi connectivity index (χ0) is 14.8. The molecular formula is C14H20N2O4. The van der Waals surface area contributed by atoms with Gasteiger partial charge in [0.2, 0.25) is 0 Å². The molecule has 0 aliphatic carbocycles. The normalized spacial score (nSPS) is 9.70. The second-order valence-electron chi connectivity index (χ2n) is 3.99. The van der Waals surface area contributed by atoms with E-state index in [0.29, 0.717) is 37.4 Å². The van der Waals surface area contributed by atoms with Crippen LogP contribution in [-0.2, 0) is 9.53 Å². The molecule has 2 N–H and O–H groups in total. The van der Waals surface area contributed by atoms with Gasteiger partial charge in [-0.15, -0.1) is 0 Å². The molecular weight excluding hydrogens is 260 g/mol. The maximum atomic E-state index is 11.7. The molecule has 0 radical (unpaired) electrons. The molecule has 6 nitrogen and oxygen atoms in total. The van der Waals surface area contributed by atoms with E-state index in [2.05, 4.69) is 10.6 Å². The van der Waals surface area contributed by atoms with E-state index in [0.717, 1.165) is 0 Å². The van der Waals surface area contributed by atoms with Crippen LogP contribution in [0.15, 0.2) is 24.3 Å². The minimum atomic E-state index is -0.335. The Hall–Kier alpha value is -2.24. The standard InChI is InChI=1S/C14H20N2O4/c1-3-20-13(17)9-6-10-15-14(18)16-11-7-4-5-8-12(11)19-2/h4-5,7-8H,3,6,9-10H2,1-2H3,(H2,15,16,18). The third kappa shape index (κ3) is 5.60. The Morgan fingerprint density at radius 2 is 2.00 bits per heavy atom. The summed E-state index contributed by atoms with van der Waals surface area (Å²) in [5.41, 5.74) is 0.595. The van der Waals surface area contributed by atoms with E-state index in [1.54, 1.807) is 25.1 Å². The van der Waals surface area contributed by atoms with Gasteiger partial charge in [0.1, 0.15) is 5.75 Å². The number of anilines is 1. The van der Waals surface area contributed by atoms with Gasteiger partial charge >= 0.3 is 12.0 Å². The zero-order valence-corrected chi connectivity index (χ0v) is 11.8. The second kappa shape index (κ2) is 8.79. The van der Waals surface area contributed by atoms with Crippen molar-refractivity contribution >= 4 is 17.7 Å². The van der Waals surface area contributed by atoms with Crippen molar-refractivity contribution in [1.82, 2.24) is 5.32 Å². The molecule has 0 aliphatic rings. The van der Waals surface area contributed by atoms with Gasteiger partial charge in [0.15, 0.2) is 0 Å². The Labute approximate surface area is 118 Å². The molecule has 1 aromatic rings. The van der Waals surface area contributed by atoms with E-state index in [1.807, 2.05) is 6.07 Å². The smallest absolute Gasteiger partial charge is 0.319 e. The number of carbonyl (C=O) groups excluding carboxylic acids is 2. The molecule has 20 heavy (non-hydrogen) atoms. The highest BCUT2D eigenvalue weighted by Gasteiger charge is 2.06. The predicted octanol–water partition coefficient (Wildman–Crippen LogP) is 2.16. The number of hydrogen-bond acceptors (Lipinski definition) is 4. The number of urea groups is 1. The molecule has 1 rings (SSSR count). The van der Waals surface area contributed by atoms with Crippen molar-refractivity contribution in [3.05, 3.63) is 24.3 Å². The van der Waals surface area contributed by atoms with Crippen LogP contribution in [-0.4, -0.2) is 32.3 Å². The number of para-hydroxylation sites is 2. The summed E-state index contributed by atoms with van der Waals surface area (Å²) in [6.45, 7) is 2.54. The molecule has 0 bridgehead atoms. The van der Waals surface area contributed by atoms with Crippen molar-refractivity contribution < 1.29 is 19.1 Å². The second-order valence-corrected chi connectivity index (χ2v) is 3.99. The molecule has 0 heterocycles. The Morgan fingerprint density at radius 1 is 1.25 bits per heavy atom. The lowest BCUT2D eigenvalue weighted by Gasteiger charge is -2.10. The monoisotopic (exact) mass is 280 g/mol. The number of nitrogens with one attached hydrogen (secondary N) is 2. The summed E-state index contributed by atoms with van der Waals surface area (Å²) < 4.78 is 9.92. The van der Waals surface area contributed by atoms with E-state index in [4.69, 9.17) is 9.47 Å². The van der Waals surface area contributed by atoms with Gasteiger partial charge in [-0.05, 0) is 25.5 Å². The highest BCUT2D eigenvalue weighted by atomic mass is 16.5. The number of ether oxygens (including phenoxy) is 2. The van der Waals surface area contributed by atoms with Gasteiger partial charge in [-0.2, -0.15) is 0 Å². The molecule has 0 unspecified atom stereocenters. The third-order valence-electron chi connectivity index (χ3n) is 2.50. The Balaban J connectivity index is 2.28. The summed E-state index contributed by atoms with van der Waals surface area (Å²) >= 11 is 0. The van der Waals surface area contributed by atoms with E-state index in [1.165, 1.54) is 7.11 Å². The fourth-order valence-corrected chi connectivity index (χ4v) is 1.58. The van der Waals surface area contributed by atoms with Crippen LogP contribution in [0.4, 0.5) is 10.5 Å². The first-order chi connectivity index (χ1) is 9.67. The quantitative estimate of drug-likeness (QED) is 0.592. The first-order valence-electron chi connectivity index (χ1n) is 6.50. The summed E-state index contributed by atoms with van der Waals surface area (Å²) in [7, 11) is 1.54. The molecule has 0 aliphatic heterocycles. The molecule has 0 saturated heterocycles. The van der Waals surface area contributed by atoms with Crippen molar-refractivity contribution in [2.45, 2.75) is 19.8 Å². The number of carbonyl (C=O) groups is 2. The summed E-state index contributed by atoms with van der Waals surface area (Å²) in [6.07, 6.45) is 0.834. The molecule has 0 spiro atoms. The van der Waals surface area contributed by atoms with E-state index in [-0.39, 0.29) is 12.0 Å². The predicted molar refractivity (Wildman–Crippen MR) is 75.9 cm³/mol. The van der Waals surface area contributed by atoms with Crippen molar-refractivity contribution in [2.24, 2.45) is 0 Å². The third-order valence-corrected chi connectivity index (χ3v) is 2.50. The summed E-state index contributed by atoms with van der Waals surface area (Å²) in [5, 5.41) is 5.35. The van der Waals surface area contributed by atoms with Gasteiger partial charge in [0, 0.05) is 13.0 Å². The number of methoxy groups -OCH3 is 1. The molecule has 110 valence electrons. The van der Waals surface area contributed by atoms with Gasteiger partial charge in [0.05, 0.1) is 19.4 Å². The highest BCUT2D eigenvalue weighted by molar-refractivity contribution is 5.90. The Morgan fingerprint density at radius 3 is 2.70 bits per heavy atom. The van der Waals surface area contributed by atoms with E-state index >= 15 is 0 Å². The van der Waals surface area contributed by atoms with E-state index in [9.17, 15) is 9.59 Å². The molecule has 0 atom stereocenters. The fourth-order valence-electron chi connectivity index (χ4n) is 1.58. The first-order valence-corrected chi connectivity index (χ1v) is 6.50. The van der Waals surface area contributed by atoms with Crippen molar-refractivity contribution in [3.8, 4) is 5.75 Å². The van der Waals surface area contributed by atoms with Crippen LogP contribution in [0.2, 0.25) is 0 Å². The van der Waals surface area contributed by atoms with Crippen LogP contribution in [0.5, 0.6) is 5.75 Å². The van der Waals surface area contributed by atoms with Crippen LogP contribution < -0.4 is 15.4 Å². The number of benzene rings is 1. The van der Waals surface area contributed by atoms with Gasteiger partial charge < -0.3 is 20.1 Å². The average Bonchev–Trinajstić information content (AvgIpc) is 2.44.